The molecule has 24 heavy (non-hydrogen) atoms. The zero-order valence-electron chi connectivity index (χ0n) is 12.9. The van der Waals surface area contributed by atoms with Crippen molar-refractivity contribution >= 4 is 22.8 Å². The summed E-state index contributed by atoms with van der Waals surface area (Å²) in [5, 5.41) is 6.56. The predicted octanol–water partition coefficient (Wildman–Crippen LogP) is 1.85. The van der Waals surface area contributed by atoms with Crippen LogP contribution in [0.5, 0.6) is 0 Å². The molecule has 0 aliphatic heterocycles. The lowest BCUT2D eigenvalue weighted by molar-refractivity contribution is -0.115. The van der Waals surface area contributed by atoms with Gasteiger partial charge in [-0.1, -0.05) is 12.1 Å². The van der Waals surface area contributed by atoms with Crippen LogP contribution < -0.4 is 10.6 Å². The SMILES string of the molecule is C#CC(=O)NCCNc1ncc2cc(-c3cccnc3)ccc2n1. The number of benzene rings is 1. The Bertz CT molecular complexity index is 902. The molecule has 0 fully saturated rings. The summed E-state index contributed by atoms with van der Waals surface area (Å²) in [5.74, 6) is 2.07. The Morgan fingerprint density at radius 2 is 2.08 bits per heavy atom. The first-order valence-electron chi connectivity index (χ1n) is 7.42. The molecule has 3 rings (SSSR count). The van der Waals surface area contributed by atoms with Crippen LogP contribution in [0.1, 0.15) is 0 Å². The molecule has 0 saturated carbocycles. The number of terminal acetylenes is 1. The second kappa shape index (κ2) is 7.20. The molecule has 0 atom stereocenters. The Morgan fingerprint density at radius 3 is 2.88 bits per heavy atom. The lowest BCUT2D eigenvalue weighted by Crippen LogP contribution is -2.27. The van der Waals surface area contributed by atoms with E-state index in [1.165, 1.54) is 0 Å². The van der Waals surface area contributed by atoms with Crippen molar-refractivity contribution in [2.24, 2.45) is 0 Å². The molecule has 0 spiro atoms. The molecule has 6 heteroatoms. The van der Waals surface area contributed by atoms with Crippen molar-refractivity contribution < 1.29 is 4.79 Å². The van der Waals surface area contributed by atoms with E-state index >= 15 is 0 Å². The van der Waals surface area contributed by atoms with Crippen molar-refractivity contribution in [3.8, 4) is 23.5 Å². The second-order valence-electron chi connectivity index (χ2n) is 5.04. The van der Waals surface area contributed by atoms with Gasteiger partial charge in [0.25, 0.3) is 5.91 Å². The molecule has 0 bridgehead atoms. The monoisotopic (exact) mass is 317 g/mol. The van der Waals surface area contributed by atoms with Gasteiger partial charge in [-0.05, 0) is 29.7 Å². The van der Waals surface area contributed by atoms with Gasteiger partial charge in [-0.15, -0.1) is 6.42 Å². The van der Waals surface area contributed by atoms with Crippen LogP contribution >= 0.6 is 0 Å². The lowest BCUT2D eigenvalue weighted by Gasteiger charge is -2.07. The van der Waals surface area contributed by atoms with Gasteiger partial charge in [-0.2, -0.15) is 0 Å². The van der Waals surface area contributed by atoms with E-state index in [0.717, 1.165) is 22.0 Å². The number of hydrogen-bond donors (Lipinski definition) is 2. The maximum atomic E-state index is 10.9. The predicted molar refractivity (Wildman–Crippen MR) is 93.1 cm³/mol. The molecule has 6 nitrogen and oxygen atoms in total. The number of nitrogens with zero attached hydrogens (tertiary/aromatic N) is 3. The van der Waals surface area contributed by atoms with Crippen LogP contribution in [0.15, 0.2) is 48.9 Å². The van der Waals surface area contributed by atoms with Gasteiger partial charge in [0.05, 0.1) is 5.52 Å². The van der Waals surface area contributed by atoms with Gasteiger partial charge in [0.15, 0.2) is 0 Å². The molecule has 0 saturated heterocycles. The molecule has 2 N–H and O–H groups in total. The van der Waals surface area contributed by atoms with Crippen LogP contribution in [0.3, 0.4) is 0 Å². The topological polar surface area (TPSA) is 79.8 Å². The van der Waals surface area contributed by atoms with Gasteiger partial charge < -0.3 is 10.6 Å². The number of carbonyl (C=O) groups excluding carboxylic acids is 1. The highest BCUT2D eigenvalue weighted by molar-refractivity contribution is 5.92. The molecule has 3 aromatic rings. The Labute approximate surface area is 139 Å². The van der Waals surface area contributed by atoms with Crippen molar-refractivity contribution in [3.05, 3.63) is 48.9 Å². The van der Waals surface area contributed by atoms with E-state index < -0.39 is 5.91 Å². The largest absolute Gasteiger partial charge is 0.352 e. The quantitative estimate of drug-likeness (QED) is 0.554. The highest BCUT2D eigenvalue weighted by Crippen LogP contribution is 2.22. The average Bonchev–Trinajstić information content (AvgIpc) is 2.65. The minimum atomic E-state index is -0.431. The minimum Gasteiger partial charge on any atom is -0.352 e. The van der Waals surface area contributed by atoms with Crippen LogP contribution in [-0.4, -0.2) is 33.9 Å². The molecule has 0 aliphatic carbocycles. The maximum Gasteiger partial charge on any atom is 0.295 e. The second-order valence-corrected chi connectivity index (χ2v) is 5.04. The van der Waals surface area contributed by atoms with Gasteiger partial charge >= 0.3 is 0 Å². The molecular weight excluding hydrogens is 302 g/mol. The van der Waals surface area contributed by atoms with Crippen molar-refractivity contribution in [1.82, 2.24) is 20.3 Å². The lowest BCUT2D eigenvalue weighted by atomic mass is 10.1. The fourth-order valence-corrected chi connectivity index (χ4v) is 2.23. The van der Waals surface area contributed by atoms with Gasteiger partial charge in [0.1, 0.15) is 0 Å². The maximum absolute atomic E-state index is 10.9. The van der Waals surface area contributed by atoms with Gasteiger partial charge in [-0.3, -0.25) is 9.78 Å². The summed E-state index contributed by atoms with van der Waals surface area (Å²) in [4.78, 5) is 23.8. The summed E-state index contributed by atoms with van der Waals surface area (Å²) < 4.78 is 0. The van der Waals surface area contributed by atoms with Crippen LogP contribution in [0.25, 0.3) is 22.0 Å². The number of pyridine rings is 1. The fourth-order valence-electron chi connectivity index (χ4n) is 2.23. The highest BCUT2D eigenvalue weighted by Gasteiger charge is 2.03. The zero-order valence-corrected chi connectivity index (χ0v) is 12.9. The number of hydrogen-bond acceptors (Lipinski definition) is 5. The number of amides is 1. The van der Waals surface area contributed by atoms with E-state index in [1.807, 2.05) is 42.4 Å². The Hall–Kier alpha value is -3.46. The minimum absolute atomic E-state index is 0.407. The summed E-state index contributed by atoms with van der Waals surface area (Å²) in [6.45, 7) is 0.900. The molecule has 2 aromatic heterocycles. The van der Waals surface area contributed by atoms with E-state index in [0.29, 0.717) is 19.0 Å². The molecular formula is C18H15N5O. The number of aromatic nitrogens is 3. The molecule has 1 aromatic carbocycles. The van der Waals surface area contributed by atoms with E-state index in [2.05, 4.69) is 25.6 Å². The number of rotatable bonds is 5. The molecule has 0 radical (unpaired) electrons. The third kappa shape index (κ3) is 3.65. The molecule has 118 valence electrons. The number of nitrogens with one attached hydrogen (secondary N) is 2. The standard InChI is InChI=1S/C18H15N5O/c1-2-17(24)20-8-9-21-18-22-12-15-10-13(5-6-16(15)23-18)14-4-3-7-19-11-14/h1,3-7,10-12H,8-9H2,(H,20,24)(H,21,22,23). The summed E-state index contributed by atoms with van der Waals surface area (Å²) in [6, 6.07) is 9.90. The third-order valence-corrected chi connectivity index (χ3v) is 3.40. The van der Waals surface area contributed by atoms with Crippen molar-refractivity contribution in [2.45, 2.75) is 0 Å². The molecule has 0 unspecified atom stereocenters. The average molecular weight is 317 g/mol. The zero-order chi connectivity index (χ0) is 16.8. The summed E-state index contributed by atoms with van der Waals surface area (Å²) in [7, 11) is 0. The van der Waals surface area contributed by atoms with E-state index in [1.54, 1.807) is 12.4 Å². The Morgan fingerprint density at radius 1 is 1.17 bits per heavy atom. The summed E-state index contributed by atoms with van der Waals surface area (Å²) >= 11 is 0. The number of fused-ring (bicyclic) bond motifs is 1. The van der Waals surface area contributed by atoms with Gasteiger partial charge in [0.2, 0.25) is 5.95 Å². The first-order valence-corrected chi connectivity index (χ1v) is 7.42. The van der Waals surface area contributed by atoms with Crippen molar-refractivity contribution in [3.63, 3.8) is 0 Å². The van der Waals surface area contributed by atoms with Crippen LogP contribution in [0, 0.1) is 12.3 Å². The van der Waals surface area contributed by atoms with Crippen LogP contribution in [-0.2, 0) is 4.79 Å². The summed E-state index contributed by atoms with van der Waals surface area (Å²) in [6.07, 6.45) is 10.3. The first kappa shape index (κ1) is 15.4. The third-order valence-electron chi connectivity index (χ3n) is 3.40. The van der Waals surface area contributed by atoms with Crippen LogP contribution in [0.4, 0.5) is 5.95 Å². The van der Waals surface area contributed by atoms with Crippen LogP contribution in [0.2, 0.25) is 0 Å². The smallest absolute Gasteiger partial charge is 0.295 e. The first-order chi connectivity index (χ1) is 11.8. The van der Waals surface area contributed by atoms with Crippen molar-refractivity contribution in [1.29, 1.82) is 0 Å². The Kier molecular flexibility index (Phi) is 4.63. The van der Waals surface area contributed by atoms with Gasteiger partial charge in [0, 0.05) is 42.6 Å². The molecule has 1 amide bonds. The van der Waals surface area contributed by atoms with E-state index in [-0.39, 0.29) is 0 Å². The van der Waals surface area contributed by atoms with Gasteiger partial charge in [-0.25, -0.2) is 9.97 Å². The fraction of sp³-hybridized carbons (Fsp3) is 0.111. The molecule has 0 aliphatic rings. The molecule has 2 heterocycles. The number of carbonyl (C=O) groups is 1. The van der Waals surface area contributed by atoms with Crippen molar-refractivity contribution in [2.75, 3.05) is 18.4 Å². The summed E-state index contributed by atoms with van der Waals surface area (Å²) in [5.41, 5.74) is 2.95. The number of anilines is 1. The van der Waals surface area contributed by atoms with E-state index in [4.69, 9.17) is 6.42 Å². The normalized spacial score (nSPS) is 10.1. The highest BCUT2D eigenvalue weighted by atomic mass is 16.1. The Balaban J connectivity index is 1.71. The van der Waals surface area contributed by atoms with E-state index in [9.17, 15) is 4.79 Å².